The van der Waals surface area contributed by atoms with Crippen LogP contribution in [-0.2, 0) is 10.8 Å². The van der Waals surface area contributed by atoms with Gasteiger partial charge in [0.05, 0.1) is 22.3 Å². The molecular formula is C17H21NO3S. The summed E-state index contributed by atoms with van der Waals surface area (Å²) in [7, 11) is 0.240. The van der Waals surface area contributed by atoms with E-state index in [1.54, 1.807) is 24.5 Å². The molecule has 0 radical (unpaired) electrons. The van der Waals surface area contributed by atoms with Gasteiger partial charge in [0, 0.05) is 11.9 Å². The predicted molar refractivity (Wildman–Crippen MR) is 87.2 cm³/mol. The van der Waals surface area contributed by atoms with Crippen molar-refractivity contribution in [2.75, 3.05) is 7.05 Å². The van der Waals surface area contributed by atoms with Crippen molar-refractivity contribution in [3.8, 4) is 0 Å². The Morgan fingerprint density at radius 2 is 2.05 bits per heavy atom. The number of aryl methyl sites for hydroxylation is 1. The van der Waals surface area contributed by atoms with Gasteiger partial charge in [-0.15, -0.1) is 6.58 Å². The first-order valence-electron chi connectivity index (χ1n) is 7.08. The number of hydroxylamine groups is 2. The van der Waals surface area contributed by atoms with Gasteiger partial charge < -0.3 is 9.62 Å². The lowest BCUT2D eigenvalue weighted by Gasteiger charge is -2.28. The Kier molecular flexibility index (Phi) is 5.71. The molecule has 0 fully saturated rings. The Labute approximate surface area is 133 Å². The van der Waals surface area contributed by atoms with Crippen molar-refractivity contribution in [3.63, 3.8) is 0 Å². The second kappa shape index (κ2) is 7.54. The van der Waals surface area contributed by atoms with Gasteiger partial charge in [0.15, 0.2) is 0 Å². The highest BCUT2D eigenvalue weighted by Gasteiger charge is 2.33. The molecule has 0 aliphatic heterocycles. The van der Waals surface area contributed by atoms with Gasteiger partial charge in [0.1, 0.15) is 11.8 Å². The van der Waals surface area contributed by atoms with Crippen LogP contribution in [0.1, 0.15) is 23.8 Å². The van der Waals surface area contributed by atoms with Gasteiger partial charge in [-0.3, -0.25) is 4.21 Å². The smallest absolute Gasteiger partial charge is 0.124 e. The Hall–Kier alpha value is -1.69. The van der Waals surface area contributed by atoms with Crippen molar-refractivity contribution < 1.29 is 13.8 Å². The zero-order valence-electron chi connectivity index (χ0n) is 12.8. The monoisotopic (exact) mass is 319 g/mol. The molecular weight excluding hydrogens is 298 g/mol. The average molecular weight is 319 g/mol. The van der Waals surface area contributed by atoms with Crippen LogP contribution in [-0.4, -0.2) is 26.8 Å². The van der Waals surface area contributed by atoms with Crippen LogP contribution >= 0.6 is 0 Å². The van der Waals surface area contributed by atoms with Gasteiger partial charge in [0.25, 0.3) is 0 Å². The highest BCUT2D eigenvalue weighted by molar-refractivity contribution is 7.85. The molecule has 2 aromatic rings. The molecule has 1 unspecified atom stereocenters. The van der Waals surface area contributed by atoms with Crippen molar-refractivity contribution in [2.24, 2.45) is 0 Å². The third kappa shape index (κ3) is 3.74. The molecule has 1 aromatic heterocycles. The Bertz CT molecular complexity index is 620. The summed E-state index contributed by atoms with van der Waals surface area (Å²) < 4.78 is 18.4. The average Bonchev–Trinajstić information content (AvgIpc) is 3.00. The molecule has 5 heteroatoms. The van der Waals surface area contributed by atoms with E-state index in [0.29, 0.717) is 12.2 Å². The first-order chi connectivity index (χ1) is 10.5. The minimum Gasteiger partial charge on any atom is -0.468 e. The number of hydrogen-bond acceptors (Lipinski definition) is 4. The molecule has 0 bridgehead atoms. The van der Waals surface area contributed by atoms with Crippen LogP contribution in [0.2, 0.25) is 0 Å². The second-order valence-corrected chi connectivity index (χ2v) is 6.88. The topological polar surface area (TPSA) is 53.7 Å². The van der Waals surface area contributed by atoms with Crippen LogP contribution < -0.4 is 0 Å². The fourth-order valence-electron chi connectivity index (χ4n) is 2.41. The van der Waals surface area contributed by atoms with Gasteiger partial charge in [0.2, 0.25) is 0 Å². The van der Waals surface area contributed by atoms with Crippen LogP contribution in [0.5, 0.6) is 0 Å². The first kappa shape index (κ1) is 16.7. The molecule has 0 saturated heterocycles. The minimum absolute atomic E-state index is 0.360. The summed E-state index contributed by atoms with van der Waals surface area (Å²) in [5, 5.41) is 10.7. The number of allylic oxidation sites excluding steroid dienone is 1. The number of benzene rings is 1. The van der Waals surface area contributed by atoms with E-state index in [9.17, 15) is 9.42 Å². The zero-order chi connectivity index (χ0) is 16.1. The van der Waals surface area contributed by atoms with Crippen LogP contribution in [0.4, 0.5) is 0 Å². The summed E-state index contributed by atoms with van der Waals surface area (Å²) in [6, 6.07) is 10.6. The summed E-state index contributed by atoms with van der Waals surface area (Å²) in [4.78, 5) is 0.732. The minimum atomic E-state index is -1.30. The number of hydrogen-bond donors (Lipinski definition) is 1. The van der Waals surface area contributed by atoms with Crippen LogP contribution in [0.25, 0.3) is 0 Å². The zero-order valence-corrected chi connectivity index (χ0v) is 13.6. The Balaban J connectivity index is 2.36. The van der Waals surface area contributed by atoms with Crippen molar-refractivity contribution in [1.29, 1.82) is 0 Å². The molecule has 1 N–H and O–H groups in total. The molecule has 2 rings (SSSR count). The lowest BCUT2D eigenvalue weighted by atomic mass is 10.1. The summed E-state index contributed by atoms with van der Waals surface area (Å²) >= 11 is 0. The molecule has 0 aliphatic rings. The number of furan rings is 1. The molecule has 3 atom stereocenters. The molecule has 0 amide bonds. The van der Waals surface area contributed by atoms with Crippen LogP contribution in [0, 0.1) is 6.92 Å². The van der Waals surface area contributed by atoms with E-state index in [1.165, 1.54) is 7.05 Å². The molecule has 4 nitrogen and oxygen atoms in total. The van der Waals surface area contributed by atoms with E-state index in [0.717, 1.165) is 15.5 Å². The normalized spacial score (nSPS) is 15.5. The third-order valence-electron chi connectivity index (χ3n) is 3.52. The fourth-order valence-corrected chi connectivity index (χ4v) is 4.02. The number of nitrogens with zero attached hydrogens (tertiary/aromatic N) is 1. The van der Waals surface area contributed by atoms with Crippen molar-refractivity contribution in [3.05, 3.63) is 66.6 Å². The lowest BCUT2D eigenvalue weighted by molar-refractivity contribution is -0.110. The van der Waals surface area contributed by atoms with E-state index in [-0.39, 0.29) is 5.25 Å². The summed E-state index contributed by atoms with van der Waals surface area (Å²) in [6.07, 6.45) is 3.76. The van der Waals surface area contributed by atoms with E-state index < -0.39 is 16.8 Å². The van der Waals surface area contributed by atoms with Crippen LogP contribution in [0.3, 0.4) is 0 Å². The van der Waals surface area contributed by atoms with Gasteiger partial charge in [-0.1, -0.05) is 23.8 Å². The molecule has 1 aromatic carbocycles. The molecule has 0 saturated carbocycles. The summed E-state index contributed by atoms with van der Waals surface area (Å²) in [5.74, 6) is 0.581. The largest absolute Gasteiger partial charge is 0.468 e. The first-order valence-corrected chi connectivity index (χ1v) is 8.29. The fraction of sp³-hybridized carbons (Fsp3) is 0.294. The molecule has 22 heavy (non-hydrogen) atoms. The third-order valence-corrected chi connectivity index (χ3v) is 5.25. The highest BCUT2D eigenvalue weighted by atomic mass is 32.2. The maximum atomic E-state index is 13.0. The van der Waals surface area contributed by atoms with Crippen molar-refractivity contribution >= 4 is 10.8 Å². The van der Waals surface area contributed by atoms with E-state index >= 15 is 0 Å². The number of rotatable bonds is 7. The quantitative estimate of drug-likeness (QED) is 0.624. The molecule has 0 spiro atoms. The SMILES string of the molecule is C=CC[C@@H]([C@H](c1ccco1)N(C)O)S(=O)c1ccc(C)cc1. The summed E-state index contributed by atoms with van der Waals surface area (Å²) in [5.41, 5.74) is 1.11. The van der Waals surface area contributed by atoms with Crippen molar-refractivity contribution in [1.82, 2.24) is 5.06 Å². The maximum Gasteiger partial charge on any atom is 0.124 e. The molecule has 1 heterocycles. The Morgan fingerprint density at radius 3 is 2.55 bits per heavy atom. The molecule has 0 aliphatic carbocycles. The van der Waals surface area contributed by atoms with Crippen LogP contribution in [0.15, 0.2) is 64.6 Å². The van der Waals surface area contributed by atoms with Gasteiger partial charge in [-0.25, -0.2) is 0 Å². The van der Waals surface area contributed by atoms with Gasteiger partial charge in [-0.05, 0) is 37.6 Å². The van der Waals surface area contributed by atoms with Crippen molar-refractivity contribution in [2.45, 2.75) is 29.5 Å². The summed E-state index contributed by atoms with van der Waals surface area (Å²) in [6.45, 7) is 5.74. The lowest BCUT2D eigenvalue weighted by Crippen LogP contribution is -2.34. The van der Waals surface area contributed by atoms with Gasteiger partial charge >= 0.3 is 0 Å². The molecule has 118 valence electrons. The highest BCUT2D eigenvalue weighted by Crippen LogP contribution is 2.31. The van der Waals surface area contributed by atoms with E-state index in [4.69, 9.17) is 4.42 Å². The maximum absolute atomic E-state index is 13.0. The van der Waals surface area contributed by atoms with E-state index in [2.05, 4.69) is 6.58 Å². The Morgan fingerprint density at radius 1 is 1.36 bits per heavy atom. The second-order valence-electron chi connectivity index (χ2n) is 5.21. The van der Waals surface area contributed by atoms with Gasteiger partial charge in [-0.2, -0.15) is 5.06 Å². The standard InChI is InChI=1S/C17H21NO3S/c1-4-6-16(17(18(3)19)15-7-5-12-21-15)22(20)14-10-8-13(2)9-11-14/h4-5,7-12,16-17,19H,1,6H2,2-3H3/t16-,17-,22?/m0/s1. The predicted octanol–water partition coefficient (Wildman–Crippen LogP) is 3.70. The van der Waals surface area contributed by atoms with E-state index in [1.807, 2.05) is 31.2 Å².